The Morgan fingerprint density at radius 1 is 1.21 bits per heavy atom. The summed E-state index contributed by atoms with van der Waals surface area (Å²) >= 11 is 0. The highest BCUT2D eigenvalue weighted by Crippen LogP contribution is 2.37. The van der Waals surface area contributed by atoms with Gasteiger partial charge in [-0.15, -0.1) is 0 Å². The summed E-state index contributed by atoms with van der Waals surface area (Å²) in [5.74, 6) is 1.90. The maximum atomic E-state index is 5.54. The van der Waals surface area contributed by atoms with Crippen molar-refractivity contribution in [1.29, 1.82) is 0 Å². The molecule has 0 spiro atoms. The van der Waals surface area contributed by atoms with Gasteiger partial charge in [0.15, 0.2) is 0 Å². The number of hydrogen-bond acceptors (Lipinski definition) is 3. The number of benzene rings is 1. The van der Waals surface area contributed by atoms with Gasteiger partial charge in [0.2, 0.25) is 0 Å². The Labute approximate surface area is 116 Å². The van der Waals surface area contributed by atoms with E-state index < -0.39 is 0 Å². The van der Waals surface area contributed by atoms with Crippen molar-refractivity contribution in [2.75, 3.05) is 27.3 Å². The molecular weight excluding hydrogens is 238 g/mol. The van der Waals surface area contributed by atoms with Gasteiger partial charge in [0, 0.05) is 11.6 Å². The number of methoxy groups -OCH3 is 2. The van der Waals surface area contributed by atoms with Crippen molar-refractivity contribution in [3.63, 3.8) is 0 Å². The number of ether oxygens (including phenoxy) is 2. The van der Waals surface area contributed by atoms with E-state index in [2.05, 4.69) is 17.9 Å². The molecule has 2 rings (SSSR count). The third-order valence-electron chi connectivity index (χ3n) is 3.92. The Bertz CT molecular complexity index is 404. The molecule has 0 N–H and O–H groups in total. The van der Waals surface area contributed by atoms with Crippen LogP contribution in [0.3, 0.4) is 0 Å². The van der Waals surface area contributed by atoms with E-state index in [-0.39, 0.29) is 0 Å². The molecule has 0 unspecified atom stereocenters. The van der Waals surface area contributed by atoms with Gasteiger partial charge in [-0.3, -0.25) is 4.90 Å². The van der Waals surface area contributed by atoms with Crippen LogP contribution in [0.2, 0.25) is 0 Å². The predicted octanol–water partition coefficient (Wildman–Crippen LogP) is 3.64. The van der Waals surface area contributed by atoms with E-state index in [0.29, 0.717) is 6.04 Å². The monoisotopic (exact) mass is 263 g/mol. The topological polar surface area (TPSA) is 21.7 Å². The normalized spacial score (nSPS) is 20.3. The van der Waals surface area contributed by atoms with Gasteiger partial charge >= 0.3 is 0 Å². The summed E-state index contributed by atoms with van der Waals surface area (Å²) in [7, 11) is 3.47. The van der Waals surface area contributed by atoms with E-state index >= 15 is 0 Å². The van der Waals surface area contributed by atoms with E-state index in [1.807, 2.05) is 12.1 Å². The van der Waals surface area contributed by atoms with Crippen LogP contribution in [0.4, 0.5) is 0 Å². The van der Waals surface area contributed by atoms with Crippen molar-refractivity contribution in [1.82, 2.24) is 4.90 Å². The van der Waals surface area contributed by atoms with Crippen LogP contribution in [0.5, 0.6) is 11.5 Å². The molecule has 3 nitrogen and oxygen atoms in total. The predicted molar refractivity (Wildman–Crippen MR) is 78.0 cm³/mol. The van der Waals surface area contributed by atoms with Crippen LogP contribution in [0, 0.1) is 0 Å². The van der Waals surface area contributed by atoms with Gasteiger partial charge in [-0.2, -0.15) is 0 Å². The van der Waals surface area contributed by atoms with Crippen LogP contribution in [0.1, 0.15) is 44.2 Å². The zero-order valence-corrected chi connectivity index (χ0v) is 12.3. The minimum absolute atomic E-state index is 0.471. The molecule has 1 aliphatic heterocycles. The molecule has 3 heteroatoms. The van der Waals surface area contributed by atoms with Crippen molar-refractivity contribution in [2.45, 2.75) is 38.6 Å². The summed E-state index contributed by atoms with van der Waals surface area (Å²) in [5, 5.41) is 0. The van der Waals surface area contributed by atoms with Crippen LogP contribution < -0.4 is 9.47 Å². The second-order valence-corrected chi connectivity index (χ2v) is 5.16. The van der Waals surface area contributed by atoms with Crippen LogP contribution in [-0.2, 0) is 0 Å². The Hall–Kier alpha value is -1.22. The van der Waals surface area contributed by atoms with E-state index in [1.54, 1.807) is 14.2 Å². The fourth-order valence-corrected chi connectivity index (χ4v) is 3.00. The fourth-order valence-electron chi connectivity index (χ4n) is 3.00. The average molecular weight is 263 g/mol. The molecule has 0 radical (unpaired) electrons. The summed E-state index contributed by atoms with van der Waals surface area (Å²) in [5.41, 5.74) is 1.27. The van der Waals surface area contributed by atoms with E-state index in [1.165, 1.54) is 37.8 Å². The van der Waals surface area contributed by atoms with Crippen molar-refractivity contribution in [3.8, 4) is 11.5 Å². The molecule has 1 saturated heterocycles. The molecule has 1 atom stereocenters. The van der Waals surface area contributed by atoms with Crippen molar-refractivity contribution >= 4 is 0 Å². The lowest BCUT2D eigenvalue weighted by molar-refractivity contribution is 0.146. The van der Waals surface area contributed by atoms with Gasteiger partial charge in [-0.25, -0.2) is 0 Å². The standard InChI is InChI=1S/C16H25NO2/c1-4-10-17-11-6-5-7-15(17)14-12-13(18-2)8-9-16(14)19-3/h8-9,12,15H,4-7,10-11H2,1-3H3/t15-/m0/s1. The van der Waals surface area contributed by atoms with Crippen LogP contribution in [-0.4, -0.2) is 32.2 Å². The number of rotatable bonds is 5. The van der Waals surface area contributed by atoms with Gasteiger partial charge < -0.3 is 9.47 Å². The molecule has 0 aromatic heterocycles. The molecule has 1 heterocycles. The average Bonchev–Trinajstić information content (AvgIpc) is 2.47. The lowest BCUT2D eigenvalue weighted by Gasteiger charge is -2.36. The fraction of sp³-hybridized carbons (Fsp3) is 0.625. The largest absolute Gasteiger partial charge is 0.497 e. The van der Waals surface area contributed by atoms with Crippen molar-refractivity contribution in [3.05, 3.63) is 23.8 Å². The van der Waals surface area contributed by atoms with Gasteiger partial charge in [-0.05, 0) is 50.6 Å². The van der Waals surface area contributed by atoms with Crippen LogP contribution in [0.25, 0.3) is 0 Å². The summed E-state index contributed by atoms with van der Waals surface area (Å²) in [4.78, 5) is 2.58. The summed E-state index contributed by atoms with van der Waals surface area (Å²) in [6, 6.07) is 6.60. The minimum atomic E-state index is 0.471. The molecule has 0 saturated carbocycles. The molecule has 106 valence electrons. The minimum Gasteiger partial charge on any atom is -0.497 e. The lowest BCUT2D eigenvalue weighted by atomic mass is 9.94. The molecule has 1 aliphatic rings. The van der Waals surface area contributed by atoms with Crippen LogP contribution in [0.15, 0.2) is 18.2 Å². The molecule has 1 fully saturated rings. The summed E-state index contributed by atoms with van der Waals surface area (Å²) in [6.45, 7) is 4.60. The number of likely N-dealkylation sites (tertiary alicyclic amines) is 1. The summed E-state index contributed by atoms with van der Waals surface area (Å²) in [6.07, 6.45) is 5.01. The first-order valence-electron chi connectivity index (χ1n) is 7.26. The van der Waals surface area contributed by atoms with E-state index in [0.717, 1.165) is 18.0 Å². The van der Waals surface area contributed by atoms with Gasteiger partial charge in [0.05, 0.1) is 14.2 Å². The highest BCUT2D eigenvalue weighted by Gasteiger charge is 2.26. The third kappa shape index (κ3) is 3.21. The first-order valence-corrected chi connectivity index (χ1v) is 7.26. The van der Waals surface area contributed by atoms with Gasteiger partial charge in [-0.1, -0.05) is 13.3 Å². The molecule has 0 bridgehead atoms. The highest BCUT2D eigenvalue weighted by molar-refractivity contribution is 5.42. The Morgan fingerprint density at radius 3 is 2.74 bits per heavy atom. The van der Waals surface area contributed by atoms with E-state index in [4.69, 9.17) is 9.47 Å². The van der Waals surface area contributed by atoms with Gasteiger partial charge in [0.25, 0.3) is 0 Å². The zero-order chi connectivity index (χ0) is 13.7. The molecular formula is C16H25NO2. The third-order valence-corrected chi connectivity index (χ3v) is 3.92. The second kappa shape index (κ2) is 6.80. The Balaban J connectivity index is 2.30. The number of piperidine rings is 1. The molecule has 0 amide bonds. The maximum Gasteiger partial charge on any atom is 0.123 e. The summed E-state index contributed by atoms with van der Waals surface area (Å²) < 4.78 is 10.9. The smallest absolute Gasteiger partial charge is 0.123 e. The Kier molecular flexibility index (Phi) is 5.08. The lowest BCUT2D eigenvalue weighted by Crippen LogP contribution is -2.34. The molecule has 0 aliphatic carbocycles. The number of hydrogen-bond donors (Lipinski definition) is 0. The molecule has 19 heavy (non-hydrogen) atoms. The second-order valence-electron chi connectivity index (χ2n) is 5.16. The van der Waals surface area contributed by atoms with Crippen molar-refractivity contribution in [2.24, 2.45) is 0 Å². The highest BCUT2D eigenvalue weighted by atomic mass is 16.5. The maximum absolute atomic E-state index is 5.54. The van der Waals surface area contributed by atoms with Crippen molar-refractivity contribution < 1.29 is 9.47 Å². The Morgan fingerprint density at radius 2 is 2.05 bits per heavy atom. The molecule has 1 aromatic carbocycles. The zero-order valence-electron chi connectivity index (χ0n) is 12.3. The van der Waals surface area contributed by atoms with E-state index in [9.17, 15) is 0 Å². The van der Waals surface area contributed by atoms with Crippen LogP contribution >= 0.6 is 0 Å². The first kappa shape index (κ1) is 14.2. The quantitative estimate of drug-likeness (QED) is 0.809. The molecule has 1 aromatic rings. The SMILES string of the molecule is CCCN1CCCC[C@H]1c1cc(OC)ccc1OC. The first-order chi connectivity index (χ1) is 9.30. The number of nitrogens with zero attached hydrogens (tertiary/aromatic N) is 1. The van der Waals surface area contributed by atoms with Gasteiger partial charge in [0.1, 0.15) is 11.5 Å².